The minimum Gasteiger partial charge on any atom is -0.342 e. The van der Waals surface area contributed by atoms with E-state index in [1.807, 2.05) is 25.1 Å². The number of fused-ring (bicyclic) bond motifs is 1. The molecule has 0 aliphatic heterocycles. The van der Waals surface area contributed by atoms with Gasteiger partial charge in [0.25, 0.3) is 0 Å². The van der Waals surface area contributed by atoms with E-state index in [2.05, 4.69) is 14.7 Å². The van der Waals surface area contributed by atoms with Gasteiger partial charge in [-0.1, -0.05) is 24.3 Å². The lowest BCUT2D eigenvalue weighted by Crippen LogP contribution is -2.25. The van der Waals surface area contributed by atoms with Crippen molar-refractivity contribution in [1.29, 1.82) is 0 Å². The zero-order valence-corrected chi connectivity index (χ0v) is 13.0. The Labute approximate surface area is 129 Å². The van der Waals surface area contributed by atoms with E-state index >= 15 is 0 Å². The lowest BCUT2D eigenvalue weighted by molar-refractivity contribution is 0.581. The summed E-state index contributed by atoms with van der Waals surface area (Å²) in [6.45, 7) is 2.27. The monoisotopic (exact) mass is 315 g/mol. The Hall–Kier alpha value is -2.18. The molecule has 0 unspecified atom stereocenters. The van der Waals surface area contributed by atoms with E-state index in [4.69, 9.17) is 0 Å². The first-order valence-electron chi connectivity index (χ1n) is 7.04. The number of rotatable bonds is 5. The third kappa shape index (κ3) is 3.18. The number of nitrogens with one attached hydrogen (secondary N) is 2. The van der Waals surface area contributed by atoms with E-state index in [-0.39, 0.29) is 4.90 Å². The highest BCUT2D eigenvalue weighted by molar-refractivity contribution is 7.89. The molecular formula is C16H17N3O2S. The van der Waals surface area contributed by atoms with Crippen molar-refractivity contribution in [2.75, 3.05) is 6.54 Å². The van der Waals surface area contributed by atoms with E-state index in [1.165, 1.54) is 0 Å². The number of aromatic nitrogens is 2. The molecule has 114 valence electrons. The molecule has 0 spiro atoms. The number of aromatic amines is 1. The van der Waals surface area contributed by atoms with E-state index in [1.54, 1.807) is 30.3 Å². The van der Waals surface area contributed by atoms with Gasteiger partial charge in [-0.15, -0.1) is 0 Å². The lowest BCUT2D eigenvalue weighted by Gasteiger charge is -2.06. The normalized spacial score (nSPS) is 11.9. The first-order chi connectivity index (χ1) is 10.5. The van der Waals surface area contributed by atoms with Crippen LogP contribution in [0, 0.1) is 6.92 Å². The third-order valence-corrected chi connectivity index (χ3v) is 4.90. The lowest BCUT2D eigenvalue weighted by atomic mass is 10.1. The van der Waals surface area contributed by atoms with E-state index in [0.29, 0.717) is 13.0 Å². The molecule has 0 amide bonds. The second-order valence-electron chi connectivity index (χ2n) is 5.13. The Morgan fingerprint density at radius 1 is 1.14 bits per heavy atom. The number of H-pyrrole nitrogens is 1. The van der Waals surface area contributed by atoms with Crippen molar-refractivity contribution in [1.82, 2.24) is 14.7 Å². The Morgan fingerprint density at radius 2 is 1.91 bits per heavy atom. The summed E-state index contributed by atoms with van der Waals surface area (Å²) in [5.74, 6) is 0.872. The van der Waals surface area contributed by atoms with Crippen LogP contribution in [0.4, 0.5) is 0 Å². The SMILES string of the molecule is Cc1nc2ccc(CCNS(=O)(=O)c3ccccc3)cc2[nH]1. The van der Waals surface area contributed by atoms with Crippen LogP contribution in [0.15, 0.2) is 53.4 Å². The van der Waals surface area contributed by atoms with Gasteiger partial charge in [-0.3, -0.25) is 0 Å². The van der Waals surface area contributed by atoms with Gasteiger partial charge in [0.15, 0.2) is 0 Å². The predicted molar refractivity (Wildman–Crippen MR) is 86.2 cm³/mol. The minimum absolute atomic E-state index is 0.287. The average Bonchev–Trinajstić information content (AvgIpc) is 2.87. The van der Waals surface area contributed by atoms with Gasteiger partial charge in [0, 0.05) is 6.54 Å². The summed E-state index contributed by atoms with van der Waals surface area (Å²) in [5.41, 5.74) is 2.96. The number of hydrogen-bond donors (Lipinski definition) is 2. The molecular weight excluding hydrogens is 298 g/mol. The van der Waals surface area contributed by atoms with E-state index in [0.717, 1.165) is 22.4 Å². The molecule has 0 radical (unpaired) electrons. The second kappa shape index (κ2) is 5.90. The average molecular weight is 315 g/mol. The summed E-state index contributed by atoms with van der Waals surface area (Å²) >= 11 is 0. The van der Waals surface area contributed by atoms with Gasteiger partial charge in [-0.05, 0) is 43.2 Å². The molecule has 6 heteroatoms. The summed E-state index contributed by atoms with van der Waals surface area (Å²) in [6, 6.07) is 14.3. The predicted octanol–water partition coefficient (Wildman–Crippen LogP) is 2.39. The van der Waals surface area contributed by atoms with Crippen LogP contribution in [0.1, 0.15) is 11.4 Å². The van der Waals surface area contributed by atoms with Gasteiger partial charge in [0.05, 0.1) is 15.9 Å². The van der Waals surface area contributed by atoms with Gasteiger partial charge < -0.3 is 4.98 Å². The highest BCUT2D eigenvalue weighted by Crippen LogP contribution is 2.14. The molecule has 1 heterocycles. The molecule has 5 nitrogen and oxygen atoms in total. The Balaban J connectivity index is 1.67. The van der Waals surface area contributed by atoms with Crippen LogP contribution < -0.4 is 4.72 Å². The van der Waals surface area contributed by atoms with Crippen molar-refractivity contribution < 1.29 is 8.42 Å². The fraction of sp³-hybridized carbons (Fsp3) is 0.188. The Bertz CT molecular complexity index is 886. The smallest absolute Gasteiger partial charge is 0.240 e. The van der Waals surface area contributed by atoms with Crippen LogP contribution >= 0.6 is 0 Å². The van der Waals surface area contributed by atoms with Crippen LogP contribution in [0.25, 0.3) is 11.0 Å². The molecule has 0 aliphatic carbocycles. The van der Waals surface area contributed by atoms with Crippen molar-refractivity contribution >= 4 is 21.1 Å². The molecule has 2 N–H and O–H groups in total. The highest BCUT2D eigenvalue weighted by atomic mass is 32.2. The Morgan fingerprint density at radius 3 is 2.68 bits per heavy atom. The standard InChI is InChI=1S/C16H17N3O2S/c1-12-18-15-8-7-13(11-16(15)19-12)9-10-17-22(20,21)14-5-3-2-4-6-14/h2-8,11,17H,9-10H2,1H3,(H,18,19). The Kier molecular flexibility index (Phi) is 3.96. The fourth-order valence-electron chi connectivity index (χ4n) is 2.35. The summed E-state index contributed by atoms with van der Waals surface area (Å²) in [5, 5.41) is 0. The number of nitrogens with zero attached hydrogens (tertiary/aromatic N) is 1. The topological polar surface area (TPSA) is 74.8 Å². The fourth-order valence-corrected chi connectivity index (χ4v) is 3.41. The van der Waals surface area contributed by atoms with Crippen LogP contribution in [0.2, 0.25) is 0 Å². The summed E-state index contributed by atoms with van der Waals surface area (Å²) in [4.78, 5) is 7.81. The van der Waals surface area contributed by atoms with Gasteiger partial charge >= 0.3 is 0 Å². The van der Waals surface area contributed by atoms with Crippen molar-refractivity contribution in [3.8, 4) is 0 Å². The van der Waals surface area contributed by atoms with Gasteiger partial charge in [0.2, 0.25) is 10.0 Å². The molecule has 0 atom stereocenters. The molecule has 22 heavy (non-hydrogen) atoms. The van der Waals surface area contributed by atoms with Gasteiger partial charge in [0.1, 0.15) is 5.82 Å². The molecule has 0 saturated heterocycles. The van der Waals surface area contributed by atoms with Crippen molar-refractivity contribution in [3.63, 3.8) is 0 Å². The molecule has 0 aliphatic rings. The minimum atomic E-state index is -3.44. The second-order valence-corrected chi connectivity index (χ2v) is 6.90. The zero-order valence-electron chi connectivity index (χ0n) is 12.2. The summed E-state index contributed by atoms with van der Waals surface area (Å²) in [7, 11) is -3.44. The molecule has 0 bridgehead atoms. The number of sulfonamides is 1. The quantitative estimate of drug-likeness (QED) is 0.759. The van der Waals surface area contributed by atoms with Crippen LogP contribution in [-0.4, -0.2) is 24.9 Å². The third-order valence-electron chi connectivity index (χ3n) is 3.42. The molecule has 0 saturated carbocycles. The largest absolute Gasteiger partial charge is 0.342 e. The zero-order chi connectivity index (χ0) is 15.6. The molecule has 0 fully saturated rings. The van der Waals surface area contributed by atoms with Crippen LogP contribution in [-0.2, 0) is 16.4 Å². The molecule has 2 aromatic carbocycles. The summed E-state index contributed by atoms with van der Waals surface area (Å²) < 4.78 is 26.8. The molecule has 3 aromatic rings. The van der Waals surface area contributed by atoms with E-state index < -0.39 is 10.0 Å². The molecule has 1 aromatic heterocycles. The number of hydrogen-bond acceptors (Lipinski definition) is 3. The van der Waals surface area contributed by atoms with Crippen molar-refractivity contribution in [2.45, 2.75) is 18.2 Å². The highest BCUT2D eigenvalue weighted by Gasteiger charge is 2.12. The summed E-state index contributed by atoms with van der Waals surface area (Å²) in [6.07, 6.45) is 0.625. The van der Waals surface area contributed by atoms with E-state index in [9.17, 15) is 8.42 Å². The van der Waals surface area contributed by atoms with Gasteiger partial charge in [-0.2, -0.15) is 0 Å². The van der Waals surface area contributed by atoms with Crippen molar-refractivity contribution in [3.05, 3.63) is 59.9 Å². The number of benzene rings is 2. The van der Waals surface area contributed by atoms with Gasteiger partial charge in [-0.25, -0.2) is 18.1 Å². The van der Waals surface area contributed by atoms with Crippen molar-refractivity contribution in [2.24, 2.45) is 0 Å². The maximum Gasteiger partial charge on any atom is 0.240 e. The maximum atomic E-state index is 12.1. The van der Waals surface area contributed by atoms with Crippen LogP contribution in [0.3, 0.4) is 0 Å². The van der Waals surface area contributed by atoms with Crippen LogP contribution in [0.5, 0.6) is 0 Å². The first-order valence-corrected chi connectivity index (χ1v) is 8.53. The molecule has 3 rings (SSSR count). The first kappa shape index (κ1) is 14.7. The number of aryl methyl sites for hydroxylation is 1. The maximum absolute atomic E-state index is 12.1. The number of imidazole rings is 1.